The Morgan fingerprint density at radius 1 is 1.57 bits per heavy atom. The number of piperazine rings is 1. The summed E-state index contributed by atoms with van der Waals surface area (Å²) in [5.74, 6) is 0. The molecule has 0 aliphatic carbocycles. The SMILES string of the molecule is CC1CN(Cc2ccoc2)C(C)CN1. The van der Waals surface area contributed by atoms with Crippen molar-refractivity contribution in [3.05, 3.63) is 24.2 Å². The molecule has 78 valence electrons. The summed E-state index contributed by atoms with van der Waals surface area (Å²) in [6.45, 7) is 7.70. The molecule has 14 heavy (non-hydrogen) atoms. The van der Waals surface area contributed by atoms with Gasteiger partial charge in [0.05, 0.1) is 12.5 Å². The molecule has 0 saturated carbocycles. The molecular weight excluding hydrogens is 176 g/mol. The van der Waals surface area contributed by atoms with Crippen LogP contribution in [-0.4, -0.2) is 30.1 Å². The molecule has 0 amide bonds. The van der Waals surface area contributed by atoms with Crippen LogP contribution in [0, 0.1) is 0 Å². The second kappa shape index (κ2) is 4.15. The Morgan fingerprint density at radius 3 is 3.14 bits per heavy atom. The fraction of sp³-hybridized carbons (Fsp3) is 0.636. The van der Waals surface area contributed by atoms with Crippen molar-refractivity contribution in [2.75, 3.05) is 13.1 Å². The monoisotopic (exact) mass is 194 g/mol. The second-order valence-corrected chi connectivity index (χ2v) is 4.22. The average Bonchev–Trinajstić information content (AvgIpc) is 2.64. The first-order valence-electron chi connectivity index (χ1n) is 5.24. The quantitative estimate of drug-likeness (QED) is 0.772. The third-order valence-electron chi connectivity index (χ3n) is 2.86. The van der Waals surface area contributed by atoms with Gasteiger partial charge in [-0.1, -0.05) is 0 Å². The van der Waals surface area contributed by atoms with Gasteiger partial charge in [-0.2, -0.15) is 0 Å². The van der Waals surface area contributed by atoms with E-state index in [0.717, 1.165) is 19.6 Å². The minimum atomic E-state index is 0.595. The van der Waals surface area contributed by atoms with Crippen molar-refractivity contribution in [2.45, 2.75) is 32.5 Å². The van der Waals surface area contributed by atoms with Gasteiger partial charge in [-0.3, -0.25) is 4.90 Å². The van der Waals surface area contributed by atoms with E-state index in [1.165, 1.54) is 5.56 Å². The molecule has 0 spiro atoms. The summed E-state index contributed by atoms with van der Waals surface area (Å²) in [6, 6.07) is 3.25. The van der Waals surface area contributed by atoms with Gasteiger partial charge >= 0.3 is 0 Å². The van der Waals surface area contributed by atoms with Crippen molar-refractivity contribution < 1.29 is 4.42 Å². The van der Waals surface area contributed by atoms with Gasteiger partial charge < -0.3 is 9.73 Å². The molecule has 0 bridgehead atoms. The highest BCUT2D eigenvalue weighted by molar-refractivity contribution is 5.05. The molecule has 1 aliphatic heterocycles. The van der Waals surface area contributed by atoms with Crippen LogP contribution in [0.25, 0.3) is 0 Å². The Hall–Kier alpha value is -0.800. The van der Waals surface area contributed by atoms with Gasteiger partial charge in [0.2, 0.25) is 0 Å². The number of nitrogens with zero attached hydrogens (tertiary/aromatic N) is 1. The Kier molecular flexibility index (Phi) is 2.89. The van der Waals surface area contributed by atoms with Crippen molar-refractivity contribution in [1.29, 1.82) is 0 Å². The summed E-state index contributed by atoms with van der Waals surface area (Å²) in [7, 11) is 0. The smallest absolute Gasteiger partial charge is 0.0947 e. The van der Waals surface area contributed by atoms with Crippen LogP contribution in [0.4, 0.5) is 0 Å². The molecule has 1 aromatic rings. The number of nitrogens with one attached hydrogen (secondary N) is 1. The third kappa shape index (κ3) is 2.16. The zero-order valence-electron chi connectivity index (χ0n) is 8.86. The highest BCUT2D eigenvalue weighted by Gasteiger charge is 2.22. The van der Waals surface area contributed by atoms with Crippen LogP contribution >= 0.6 is 0 Å². The van der Waals surface area contributed by atoms with Gasteiger partial charge in [-0.05, 0) is 19.9 Å². The van der Waals surface area contributed by atoms with Crippen LogP contribution < -0.4 is 5.32 Å². The molecule has 2 rings (SSSR count). The van der Waals surface area contributed by atoms with Crippen LogP contribution in [-0.2, 0) is 6.54 Å². The molecule has 0 aromatic carbocycles. The maximum Gasteiger partial charge on any atom is 0.0947 e. The van der Waals surface area contributed by atoms with E-state index in [2.05, 4.69) is 24.1 Å². The van der Waals surface area contributed by atoms with Crippen LogP contribution in [0.15, 0.2) is 23.0 Å². The summed E-state index contributed by atoms with van der Waals surface area (Å²) in [5, 5.41) is 3.48. The van der Waals surface area contributed by atoms with Crippen molar-refractivity contribution in [1.82, 2.24) is 10.2 Å². The van der Waals surface area contributed by atoms with Crippen molar-refractivity contribution in [3.8, 4) is 0 Å². The molecule has 2 atom stereocenters. The molecule has 1 N–H and O–H groups in total. The summed E-state index contributed by atoms with van der Waals surface area (Å²) < 4.78 is 5.08. The molecule has 1 saturated heterocycles. The predicted molar refractivity (Wildman–Crippen MR) is 56.0 cm³/mol. The maximum atomic E-state index is 5.08. The summed E-state index contributed by atoms with van der Waals surface area (Å²) in [4.78, 5) is 2.49. The lowest BCUT2D eigenvalue weighted by Gasteiger charge is -2.37. The lowest BCUT2D eigenvalue weighted by atomic mass is 10.1. The zero-order valence-corrected chi connectivity index (χ0v) is 8.86. The highest BCUT2D eigenvalue weighted by Crippen LogP contribution is 2.12. The first-order valence-corrected chi connectivity index (χ1v) is 5.24. The first-order chi connectivity index (χ1) is 6.75. The van der Waals surface area contributed by atoms with Gasteiger partial charge in [0, 0.05) is 37.3 Å². The largest absolute Gasteiger partial charge is 0.472 e. The fourth-order valence-corrected chi connectivity index (χ4v) is 1.93. The topological polar surface area (TPSA) is 28.4 Å². The van der Waals surface area contributed by atoms with Crippen LogP contribution in [0.2, 0.25) is 0 Å². The second-order valence-electron chi connectivity index (χ2n) is 4.22. The van der Waals surface area contributed by atoms with E-state index in [1.54, 1.807) is 6.26 Å². The van der Waals surface area contributed by atoms with E-state index >= 15 is 0 Å². The van der Waals surface area contributed by atoms with E-state index in [0.29, 0.717) is 12.1 Å². The minimum absolute atomic E-state index is 0.595. The molecule has 1 aliphatic rings. The third-order valence-corrected chi connectivity index (χ3v) is 2.86. The van der Waals surface area contributed by atoms with Crippen LogP contribution in [0.3, 0.4) is 0 Å². The number of hydrogen-bond donors (Lipinski definition) is 1. The molecule has 1 fully saturated rings. The highest BCUT2D eigenvalue weighted by atomic mass is 16.3. The van der Waals surface area contributed by atoms with E-state index < -0.39 is 0 Å². The molecule has 2 unspecified atom stereocenters. The van der Waals surface area contributed by atoms with Gasteiger partial charge in [-0.25, -0.2) is 0 Å². The molecule has 3 nitrogen and oxygen atoms in total. The van der Waals surface area contributed by atoms with E-state index in [4.69, 9.17) is 4.42 Å². The summed E-state index contributed by atoms with van der Waals surface area (Å²) >= 11 is 0. The van der Waals surface area contributed by atoms with Gasteiger partial charge in [0.15, 0.2) is 0 Å². The zero-order chi connectivity index (χ0) is 9.97. The predicted octanol–water partition coefficient (Wildman–Crippen LogP) is 1.46. The first kappa shape index (κ1) is 9.74. The van der Waals surface area contributed by atoms with Crippen molar-refractivity contribution >= 4 is 0 Å². The Balaban J connectivity index is 1.95. The molecule has 0 radical (unpaired) electrons. The van der Waals surface area contributed by atoms with E-state index in [1.807, 2.05) is 12.3 Å². The average molecular weight is 194 g/mol. The Morgan fingerprint density at radius 2 is 2.43 bits per heavy atom. The van der Waals surface area contributed by atoms with E-state index in [-0.39, 0.29) is 0 Å². The maximum absolute atomic E-state index is 5.08. The van der Waals surface area contributed by atoms with Crippen molar-refractivity contribution in [2.24, 2.45) is 0 Å². The Bertz CT molecular complexity index is 271. The van der Waals surface area contributed by atoms with Crippen molar-refractivity contribution in [3.63, 3.8) is 0 Å². The lowest BCUT2D eigenvalue weighted by molar-refractivity contribution is 0.138. The van der Waals surface area contributed by atoms with Crippen LogP contribution in [0.5, 0.6) is 0 Å². The summed E-state index contributed by atoms with van der Waals surface area (Å²) in [6.07, 6.45) is 3.57. The molecule has 2 heterocycles. The van der Waals surface area contributed by atoms with E-state index in [9.17, 15) is 0 Å². The van der Waals surface area contributed by atoms with Gasteiger partial charge in [0.1, 0.15) is 0 Å². The summed E-state index contributed by atoms with van der Waals surface area (Å²) in [5.41, 5.74) is 1.27. The molecule has 1 aromatic heterocycles. The normalized spacial score (nSPS) is 29.3. The fourth-order valence-electron chi connectivity index (χ4n) is 1.93. The standard InChI is InChI=1S/C11H18N2O/c1-9-6-13(10(2)5-12-9)7-11-3-4-14-8-11/h3-4,8-10,12H,5-7H2,1-2H3. The Labute approximate surface area is 85.1 Å². The molecular formula is C11H18N2O. The number of hydrogen-bond acceptors (Lipinski definition) is 3. The lowest BCUT2D eigenvalue weighted by Crippen LogP contribution is -2.53. The molecule has 3 heteroatoms. The number of furan rings is 1. The van der Waals surface area contributed by atoms with Gasteiger partial charge in [-0.15, -0.1) is 0 Å². The minimum Gasteiger partial charge on any atom is -0.472 e. The van der Waals surface area contributed by atoms with Crippen LogP contribution in [0.1, 0.15) is 19.4 Å². The number of rotatable bonds is 2. The van der Waals surface area contributed by atoms with Gasteiger partial charge in [0.25, 0.3) is 0 Å².